The van der Waals surface area contributed by atoms with Crippen LogP contribution in [0.1, 0.15) is 33.6 Å². The highest BCUT2D eigenvalue weighted by molar-refractivity contribution is 5.89. The van der Waals surface area contributed by atoms with Gasteiger partial charge >= 0.3 is 12.1 Å². The number of rotatable bonds is 2. The summed E-state index contributed by atoms with van der Waals surface area (Å²) in [5, 5.41) is 8.94. The van der Waals surface area contributed by atoms with E-state index >= 15 is 0 Å². The van der Waals surface area contributed by atoms with Crippen LogP contribution in [0.2, 0.25) is 0 Å². The SMILES string of the molecule is O=C(O)c1cn(-c2ncnc3c2CCC3)cc1C(F)(F)F. The quantitative estimate of drug-likeness (QED) is 0.924. The van der Waals surface area contributed by atoms with Crippen molar-refractivity contribution < 1.29 is 23.1 Å². The molecule has 1 aliphatic carbocycles. The lowest BCUT2D eigenvalue weighted by atomic mass is 10.2. The van der Waals surface area contributed by atoms with Crippen LogP contribution in [0.4, 0.5) is 13.2 Å². The Morgan fingerprint density at radius 2 is 2.00 bits per heavy atom. The van der Waals surface area contributed by atoms with E-state index in [2.05, 4.69) is 9.97 Å². The molecular weight excluding hydrogens is 287 g/mol. The Bertz CT molecular complexity index is 722. The zero-order chi connectivity index (χ0) is 15.2. The number of hydrogen-bond donors (Lipinski definition) is 1. The molecule has 0 saturated heterocycles. The van der Waals surface area contributed by atoms with Crippen molar-refractivity contribution >= 4 is 5.97 Å². The monoisotopic (exact) mass is 297 g/mol. The van der Waals surface area contributed by atoms with Crippen molar-refractivity contribution in [1.82, 2.24) is 14.5 Å². The fourth-order valence-corrected chi connectivity index (χ4v) is 2.54. The number of fused-ring (bicyclic) bond motifs is 1. The first kappa shape index (κ1) is 13.6. The lowest BCUT2D eigenvalue weighted by Gasteiger charge is -2.07. The van der Waals surface area contributed by atoms with E-state index in [-0.39, 0.29) is 0 Å². The van der Waals surface area contributed by atoms with E-state index in [0.717, 1.165) is 41.1 Å². The van der Waals surface area contributed by atoms with Crippen LogP contribution in [0.25, 0.3) is 5.82 Å². The van der Waals surface area contributed by atoms with E-state index in [4.69, 9.17) is 5.11 Å². The normalized spacial score (nSPS) is 14.2. The topological polar surface area (TPSA) is 68.0 Å². The van der Waals surface area contributed by atoms with Crippen LogP contribution < -0.4 is 0 Å². The smallest absolute Gasteiger partial charge is 0.418 e. The molecule has 0 aliphatic heterocycles. The van der Waals surface area contributed by atoms with Crippen LogP contribution in [-0.4, -0.2) is 25.6 Å². The van der Waals surface area contributed by atoms with Crippen molar-refractivity contribution in [3.05, 3.63) is 41.1 Å². The Balaban J connectivity index is 2.17. The highest BCUT2D eigenvalue weighted by atomic mass is 19.4. The van der Waals surface area contributed by atoms with Gasteiger partial charge in [-0.3, -0.25) is 0 Å². The van der Waals surface area contributed by atoms with E-state index in [1.165, 1.54) is 6.33 Å². The first-order valence-corrected chi connectivity index (χ1v) is 6.23. The van der Waals surface area contributed by atoms with Crippen molar-refractivity contribution in [3.8, 4) is 5.82 Å². The molecule has 2 aromatic heterocycles. The summed E-state index contributed by atoms with van der Waals surface area (Å²) in [7, 11) is 0. The second-order valence-corrected chi connectivity index (χ2v) is 4.77. The summed E-state index contributed by atoms with van der Waals surface area (Å²) in [5.74, 6) is -1.30. The predicted molar refractivity (Wildman–Crippen MR) is 65.3 cm³/mol. The molecule has 0 unspecified atom stereocenters. The summed E-state index contributed by atoms with van der Waals surface area (Å²) in [6.45, 7) is 0. The Hall–Kier alpha value is -2.38. The van der Waals surface area contributed by atoms with E-state index in [1.807, 2.05) is 0 Å². The number of aryl methyl sites for hydroxylation is 1. The highest BCUT2D eigenvalue weighted by Crippen LogP contribution is 2.34. The molecule has 0 atom stereocenters. The maximum atomic E-state index is 12.9. The second-order valence-electron chi connectivity index (χ2n) is 4.77. The number of carboxylic acids is 1. The van der Waals surface area contributed by atoms with E-state index in [9.17, 15) is 18.0 Å². The number of carbonyl (C=O) groups is 1. The van der Waals surface area contributed by atoms with Gasteiger partial charge in [-0.05, 0) is 19.3 Å². The molecule has 1 aliphatic rings. The molecule has 1 N–H and O–H groups in total. The third kappa shape index (κ3) is 2.26. The molecule has 0 aromatic carbocycles. The first-order valence-electron chi connectivity index (χ1n) is 6.23. The Labute approximate surface area is 117 Å². The maximum absolute atomic E-state index is 12.9. The molecule has 0 bridgehead atoms. The van der Waals surface area contributed by atoms with Gasteiger partial charge in [0.25, 0.3) is 0 Å². The van der Waals surface area contributed by atoms with Crippen LogP contribution in [-0.2, 0) is 19.0 Å². The maximum Gasteiger partial charge on any atom is 0.418 e. The highest BCUT2D eigenvalue weighted by Gasteiger charge is 2.37. The zero-order valence-electron chi connectivity index (χ0n) is 10.7. The number of hydrogen-bond acceptors (Lipinski definition) is 3. The van der Waals surface area contributed by atoms with Gasteiger partial charge in [0.15, 0.2) is 0 Å². The summed E-state index contributed by atoms with van der Waals surface area (Å²) >= 11 is 0. The van der Waals surface area contributed by atoms with Crippen molar-refractivity contribution in [1.29, 1.82) is 0 Å². The van der Waals surface area contributed by atoms with Crippen LogP contribution in [0.3, 0.4) is 0 Å². The average Bonchev–Trinajstić information content (AvgIpc) is 3.04. The van der Waals surface area contributed by atoms with Crippen molar-refractivity contribution in [2.24, 2.45) is 0 Å². The fraction of sp³-hybridized carbons (Fsp3) is 0.308. The molecule has 2 aromatic rings. The van der Waals surface area contributed by atoms with E-state index in [1.54, 1.807) is 0 Å². The summed E-state index contributed by atoms with van der Waals surface area (Å²) in [6.07, 6.45) is 0.566. The van der Waals surface area contributed by atoms with E-state index in [0.29, 0.717) is 12.2 Å². The van der Waals surface area contributed by atoms with Crippen molar-refractivity contribution in [2.75, 3.05) is 0 Å². The Kier molecular flexibility index (Phi) is 2.96. The lowest BCUT2D eigenvalue weighted by Crippen LogP contribution is -2.09. The number of carboxylic acid groups (broad SMARTS) is 1. The number of nitrogens with zero attached hydrogens (tertiary/aromatic N) is 3. The minimum absolute atomic E-state index is 0.315. The molecule has 0 spiro atoms. The fourth-order valence-electron chi connectivity index (χ4n) is 2.54. The molecule has 3 rings (SSSR count). The van der Waals surface area contributed by atoms with Gasteiger partial charge in [0.05, 0.1) is 11.1 Å². The van der Waals surface area contributed by atoms with Crippen LogP contribution in [0.5, 0.6) is 0 Å². The number of aromatic carboxylic acids is 1. The lowest BCUT2D eigenvalue weighted by molar-refractivity contribution is -0.138. The Morgan fingerprint density at radius 3 is 2.62 bits per heavy atom. The van der Waals surface area contributed by atoms with E-state index < -0.39 is 23.3 Å². The minimum atomic E-state index is -4.73. The molecule has 5 nitrogen and oxygen atoms in total. The average molecular weight is 297 g/mol. The van der Waals surface area contributed by atoms with Gasteiger partial charge in [0.2, 0.25) is 0 Å². The summed E-state index contributed by atoms with van der Waals surface area (Å²) in [5.41, 5.74) is -0.384. The molecule has 0 saturated carbocycles. The molecule has 0 radical (unpaired) electrons. The number of halogens is 3. The summed E-state index contributed by atoms with van der Waals surface area (Å²) in [4.78, 5) is 19.1. The summed E-state index contributed by atoms with van der Waals surface area (Å²) in [6, 6.07) is 0. The van der Waals surface area contributed by atoms with Gasteiger partial charge in [-0.2, -0.15) is 13.2 Å². The van der Waals surface area contributed by atoms with Crippen molar-refractivity contribution in [2.45, 2.75) is 25.4 Å². The largest absolute Gasteiger partial charge is 0.478 e. The second kappa shape index (κ2) is 4.57. The van der Waals surface area contributed by atoms with Gasteiger partial charge in [-0.25, -0.2) is 14.8 Å². The zero-order valence-corrected chi connectivity index (χ0v) is 10.7. The molecule has 0 fully saturated rings. The number of alkyl halides is 3. The van der Waals surface area contributed by atoms with Gasteiger partial charge in [0, 0.05) is 23.7 Å². The first-order chi connectivity index (χ1) is 9.88. The minimum Gasteiger partial charge on any atom is -0.478 e. The van der Waals surface area contributed by atoms with Gasteiger partial charge in [-0.1, -0.05) is 0 Å². The molecule has 2 heterocycles. The summed E-state index contributed by atoms with van der Waals surface area (Å²) < 4.78 is 39.8. The van der Waals surface area contributed by atoms with Crippen molar-refractivity contribution in [3.63, 3.8) is 0 Å². The molecular formula is C13H10F3N3O2. The van der Waals surface area contributed by atoms with Gasteiger partial charge < -0.3 is 9.67 Å². The molecule has 110 valence electrons. The van der Waals surface area contributed by atoms with Crippen LogP contribution >= 0.6 is 0 Å². The molecule has 0 amide bonds. The standard InChI is InChI=1S/C13H10F3N3O2/c14-13(15,16)9-5-19(4-8(9)12(20)21)11-7-2-1-3-10(7)17-6-18-11/h4-6H,1-3H2,(H,20,21). The van der Waals surface area contributed by atoms with Gasteiger partial charge in [0.1, 0.15) is 12.1 Å². The number of aromatic nitrogens is 3. The Morgan fingerprint density at radius 1 is 1.24 bits per heavy atom. The van der Waals surface area contributed by atoms with Crippen LogP contribution in [0, 0.1) is 0 Å². The third-order valence-electron chi connectivity index (χ3n) is 3.46. The third-order valence-corrected chi connectivity index (χ3v) is 3.46. The molecule has 21 heavy (non-hydrogen) atoms. The van der Waals surface area contributed by atoms with Crippen LogP contribution in [0.15, 0.2) is 18.7 Å². The molecule has 8 heteroatoms. The van der Waals surface area contributed by atoms with Gasteiger partial charge in [-0.15, -0.1) is 0 Å². The predicted octanol–water partition coefficient (Wildman–Crippen LogP) is 2.47.